The highest BCUT2D eigenvalue weighted by atomic mass is 32.2. The summed E-state index contributed by atoms with van der Waals surface area (Å²) in [4.78, 5) is 10.7. The van der Waals surface area contributed by atoms with E-state index in [2.05, 4.69) is 4.74 Å². The number of hydrogen-bond acceptors (Lipinski definition) is 5. The fourth-order valence-corrected chi connectivity index (χ4v) is 1.52. The minimum atomic E-state index is -3.70. The van der Waals surface area contributed by atoms with Crippen molar-refractivity contribution in [3.8, 4) is 0 Å². The van der Waals surface area contributed by atoms with Gasteiger partial charge in [-0.15, -0.1) is 0 Å². The van der Waals surface area contributed by atoms with Gasteiger partial charge in [0.2, 0.25) is 0 Å². The van der Waals surface area contributed by atoms with Gasteiger partial charge < -0.3 is 4.74 Å². The summed E-state index contributed by atoms with van der Waals surface area (Å²) < 4.78 is 31.8. The third kappa shape index (κ3) is 9.77. The molecule has 0 atom stereocenters. The molecule has 0 rings (SSSR count). The number of carbonyl (C=O) groups is 1. The number of rotatable bonds is 5. The summed E-state index contributed by atoms with van der Waals surface area (Å²) >= 11 is 0. The van der Waals surface area contributed by atoms with Crippen molar-refractivity contribution < 1.29 is 22.1 Å². The Morgan fingerprint density at radius 2 is 1.82 bits per heavy atom. The summed E-state index contributed by atoms with van der Waals surface area (Å²) in [6, 6.07) is 0. The lowest BCUT2D eigenvalue weighted by molar-refractivity contribution is -0.134. The minimum Gasteiger partial charge on any atom is -0.466 e. The van der Waals surface area contributed by atoms with Gasteiger partial charge in [-0.2, -0.15) is 8.42 Å². The zero-order valence-electron chi connectivity index (χ0n) is 10.5. The van der Waals surface area contributed by atoms with Gasteiger partial charge >= 0.3 is 5.97 Å². The predicted molar refractivity (Wildman–Crippen MR) is 64.6 cm³/mol. The van der Waals surface area contributed by atoms with Gasteiger partial charge in [0.1, 0.15) is 0 Å². The largest absolute Gasteiger partial charge is 0.466 e. The first-order valence-corrected chi connectivity index (χ1v) is 6.45. The van der Waals surface area contributed by atoms with Crippen molar-refractivity contribution in [1.82, 2.24) is 0 Å². The van der Waals surface area contributed by atoms with Crippen LogP contribution < -0.4 is 0 Å². The predicted octanol–water partition coefficient (Wildman–Crippen LogP) is 1.62. The Bertz CT molecular complexity index is 398. The molecule has 0 N–H and O–H groups in total. The molecule has 0 aliphatic rings. The topological polar surface area (TPSA) is 69.7 Å². The van der Waals surface area contributed by atoms with Crippen molar-refractivity contribution in [2.45, 2.75) is 20.8 Å². The molecule has 0 aromatic carbocycles. The van der Waals surface area contributed by atoms with Gasteiger partial charge in [0.15, 0.2) is 0 Å². The summed E-state index contributed by atoms with van der Waals surface area (Å²) in [6.45, 7) is 5.69. The number of methoxy groups -OCH3 is 1. The molecule has 0 bridgehead atoms. The van der Waals surface area contributed by atoms with Gasteiger partial charge in [-0.25, -0.2) is 4.79 Å². The molecule has 0 aromatic heterocycles. The van der Waals surface area contributed by atoms with Gasteiger partial charge in [0.05, 0.1) is 19.1 Å². The maximum atomic E-state index is 11.3. The van der Waals surface area contributed by atoms with Crippen LogP contribution in [0, 0.1) is 5.41 Å². The van der Waals surface area contributed by atoms with Crippen molar-refractivity contribution in [3.63, 3.8) is 0 Å². The molecular formula is C11H18O5S. The normalized spacial score (nSPS) is 13.4. The lowest BCUT2D eigenvalue weighted by Crippen LogP contribution is -2.17. The molecule has 5 nitrogen and oxygen atoms in total. The molecule has 17 heavy (non-hydrogen) atoms. The summed E-state index contributed by atoms with van der Waals surface area (Å²) in [5, 5.41) is 0.887. The van der Waals surface area contributed by atoms with Crippen LogP contribution in [0.5, 0.6) is 0 Å². The Hall–Kier alpha value is -1.14. The smallest absolute Gasteiger partial charge is 0.330 e. The molecule has 98 valence electrons. The van der Waals surface area contributed by atoms with Crippen LogP contribution in [0.2, 0.25) is 0 Å². The quantitative estimate of drug-likeness (QED) is 0.326. The van der Waals surface area contributed by atoms with Crippen LogP contribution in [-0.4, -0.2) is 28.1 Å². The van der Waals surface area contributed by atoms with Crippen LogP contribution in [0.15, 0.2) is 23.6 Å². The summed E-state index contributed by atoms with van der Waals surface area (Å²) in [7, 11) is -2.47. The average Bonchev–Trinajstić information content (AvgIpc) is 2.20. The van der Waals surface area contributed by atoms with Gasteiger partial charge in [-0.05, 0) is 11.5 Å². The molecular weight excluding hydrogens is 244 g/mol. The molecule has 0 fully saturated rings. The number of carbonyl (C=O) groups excluding carboxylic acids is 1. The molecule has 0 unspecified atom stereocenters. The van der Waals surface area contributed by atoms with Crippen LogP contribution in [0.4, 0.5) is 0 Å². The van der Waals surface area contributed by atoms with Crippen LogP contribution in [0.25, 0.3) is 0 Å². The van der Waals surface area contributed by atoms with Gasteiger partial charge in [0.25, 0.3) is 10.1 Å². The second-order valence-corrected chi connectivity index (χ2v) is 6.02. The third-order valence-corrected chi connectivity index (χ3v) is 2.38. The van der Waals surface area contributed by atoms with E-state index in [1.165, 1.54) is 19.3 Å². The summed E-state index contributed by atoms with van der Waals surface area (Å²) in [5.41, 5.74) is -0.233. The summed E-state index contributed by atoms with van der Waals surface area (Å²) in [6.07, 6.45) is 3.58. The van der Waals surface area contributed by atoms with E-state index in [9.17, 15) is 13.2 Å². The van der Waals surface area contributed by atoms with Gasteiger partial charge in [0, 0.05) is 6.08 Å². The molecule has 0 aliphatic carbocycles. The monoisotopic (exact) mass is 262 g/mol. The average molecular weight is 262 g/mol. The first-order valence-electron chi connectivity index (χ1n) is 4.98. The SMILES string of the molecule is COC(=O)/C=C/C=C/S(=O)(=O)OCC(C)(C)C. The van der Waals surface area contributed by atoms with E-state index in [4.69, 9.17) is 4.18 Å². The van der Waals surface area contributed by atoms with E-state index in [1.807, 2.05) is 20.8 Å². The Morgan fingerprint density at radius 3 is 2.29 bits per heavy atom. The van der Waals surface area contributed by atoms with E-state index in [1.54, 1.807) is 0 Å². The molecule has 0 heterocycles. The first kappa shape index (κ1) is 15.9. The van der Waals surface area contributed by atoms with Crippen molar-refractivity contribution in [1.29, 1.82) is 0 Å². The number of hydrogen-bond donors (Lipinski definition) is 0. The zero-order chi connectivity index (χ0) is 13.5. The van der Waals surface area contributed by atoms with Gasteiger partial charge in [-0.3, -0.25) is 4.18 Å². The lowest BCUT2D eigenvalue weighted by atomic mass is 9.99. The molecule has 0 aliphatic heterocycles. The fourth-order valence-electron chi connectivity index (χ4n) is 0.642. The molecule has 0 saturated carbocycles. The number of ether oxygens (including phenoxy) is 1. The van der Waals surface area contributed by atoms with Crippen molar-refractivity contribution >= 4 is 16.1 Å². The highest BCUT2D eigenvalue weighted by Crippen LogP contribution is 2.14. The molecule has 0 radical (unpaired) electrons. The maximum Gasteiger partial charge on any atom is 0.330 e. The van der Waals surface area contributed by atoms with Gasteiger partial charge in [-0.1, -0.05) is 26.8 Å². The highest BCUT2D eigenvalue weighted by Gasteiger charge is 2.15. The Kier molecular flexibility index (Phi) is 6.12. The van der Waals surface area contributed by atoms with E-state index >= 15 is 0 Å². The van der Waals surface area contributed by atoms with E-state index in [0.29, 0.717) is 0 Å². The lowest BCUT2D eigenvalue weighted by Gasteiger charge is -2.16. The Balaban J connectivity index is 4.32. The van der Waals surface area contributed by atoms with Crippen molar-refractivity contribution in [2.24, 2.45) is 5.41 Å². The first-order chi connectivity index (χ1) is 7.66. The van der Waals surface area contributed by atoms with E-state index in [-0.39, 0.29) is 12.0 Å². The Labute approximate surface area is 102 Å². The standard InChI is InChI=1S/C11H18O5S/c1-11(2,3)9-16-17(13,14)8-6-5-7-10(12)15-4/h5-8H,9H2,1-4H3/b7-5+,8-6+. The van der Waals surface area contributed by atoms with Crippen LogP contribution >= 0.6 is 0 Å². The molecule has 6 heteroatoms. The van der Waals surface area contributed by atoms with Crippen LogP contribution in [0.3, 0.4) is 0 Å². The number of esters is 1. The molecule has 0 aromatic rings. The third-order valence-electron chi connectivity index (χ3n) is 1.45. The van der Waals surface area contributed by atoms with Crippen LogP contribution in [-0.2, 0) is 23.8 Å². The number of allylic oxidation sites excluding steroid dienone is 2. The fraction of sp³-hybridized carbons (Fsp3) is 0.545. The molecule has 0 saturated heterocycles. The van der Waals surface area contributed by atoms with E-state index < -0.39 is 16.1 Å². The second kappa shape index (κ2) is 6.56. The second-order valence-electron chi connectivity index (χ2n) is 4.53. The zero-order valence-corrected chi connectivity index (χ0v) is 11.3. The van der Waals surface area contributed by atoms with Crippen LogP contribution in [0.1, 0.15) is 20.8 Å². The molecule has 0 spiro atoms. The summed E-state index contributed by atoms with van der Waals surface area (Å²) in [5.74, 6) is -0.553. The highest BCUT2D eigenvalue weighted by molar-refractivity contribution is 7.89. The van der Waals surface area contributed by atoms with E-state index in [0.717, 1.165) is 11.5 Å². The minimum absolute atomic E-state index is 0.0976. The van der Waals surface area contributed by atoms with Crippen molar-refractivity contribution in [3.05, 3.63) is 23.6 Å². The maximum absolute atomic E-state index is 11.3. The van der Waals surface area contributed by atoms with Crippen molar-refractivity contribution in [2.75, 3.05) is 13.7 Å². The molecule has 0 amide bonds. The Morgan fingerprint density at radius 1 is 1.24 bits per heavy atom.